The van der Waals surface area contributed by atoms with Crippen LogP contribution < -0.4 is 0 Å². The number of rotatable bonds is 5. The molecular weight excluding hydrogens is 635 g/mol. The second-order valence-corrected chi connectivity index (χ2v) is 14.0. The van der Waals surface area contributed by atoms with E-state index in [9.17, 15) is 0 Å². The highest BCUT2D eigenvalue weighted by atomic mass is 16.3. The fourth-order valence-corrected chi connectivity index (χ4v) is 8.05. The minimum atomic E-state index is -0.213. The molecule has 0 aliphatic heterocycles. The molecule has 1 aliphatic rings. The van der Waals surface area contributed by atoms with E-state index in [2.05, 4.69) is 147 Å². The number of nitrogens with zero attached hydrogens (tertiary/aromatic N) is 3. The second kappa shape index (κ2) is 11.7. The maximum Gasteiger partial charge on any atom is 0.164 e. The highest BCUT2D eigenvalue weighted by molar-refractivity contribution is 6.13. The number of hydrogen-bond donors (Lipinski definition) is 0. The molecule has 0 radical (unpaired) electrons. The summed E-state index contributed by atoms with van der Waals surface area (Å²) in [5, 5.41) is 2.15. The monoisotopic (exact) mass is 667 g/mol. The zero-order valence-corrected chi connectivity index (χ0v) is 28.8. The molecule has 7 aromatic carbocycles. The molecule has 0 amide bonds. The predicted octanol–water partition coefficient (Wildman–Crippen LogP) is 12.4. The molecule has 0 N–H and O–H groups in total. The lowest BCUT2D eigenvalue weighted by atomic mass is 9.80. The van der Waals surface area contributed by atoms with Crippen LogP contribution in [0.1, 0.15) is 25.0 Å². The minimum absolute atomic E-state index is 0.213. The molecular formula is C48H33N3O. The van der Waals surface area contributed by atoms with Gasteiger partial charge in [-0.25, -0.2) is 15.0 Å². The van der Waals surface area contributed by atoms with Crippen molar-refractivity contribution in [3.63, 3.8) is 0 Å². The van der Waals surface area contributed by atoms with Crippen molar-refractivity contribution < 1.29 is 4.42 Å². The third-order valence-corrected chi connectivity index (χ3v) is 10.5. The van der Waals surface area contributed by atoms with E-state index in [0.717, 1.165) is 49.8 Å². The smallest absolute Gasteiger partial charge is 0.164 e. The largest absolute Gasteiger partial charge is 0.456 e. The van der Waals surface area contributed by atoms with Gasteiger partial charge in [0.25, 0.3) is 0 Å². The van der Waals surface area contributed by atoms with Crippen LogP contribution in [0.5, 0.6) is 0 Å². The molecule has 10 rings (SSSR count). The van der Waals surface area contributed by atoms with Gasteiger partial charge in [-0.15, -0.1) is 0 Å². The van der Waals surface area contributed by atoms with Gasteiger partial charge in [0.1, 0.15) is 11.2 Å². The predicted molar refractivity (Wildman–Crippen MR) is 212 cm³/mol. The van der Waals surface area contributed by atoms with Crippen molar-refractivity contribution in [3.8, 4) is 67.5 Å². The Bertz CT molecular complexity index is 2800. The van der Waals surface area contributed by atoms with Crippen LogP contribution in [0, 0.1) is 0 Å². The van der Waals surface area contributed by atoms with Crippen molar-refractivity contribution in [1.82, 2.24) is 15.0 Å². The minimum Gasteiger partial charge on any atom is -0.456 e. The molecule has 2 heterocycles. The lowest BCUT2D eigenvalue weighted by Crippen LogP contribution is -2.17. The van der Waals surface area contributed by atoms with Gasteiger partial charge in [-0.05, 0) is 62.7 Å². The van der Waals surface area contributed by atoms with Gasteiger partial charge in [-0.1, -0.05) is 159 Å². The van der Waals surface area contributed by atoms with Gasteiger partial charge < -0.3 is 4.42 Å². The van der Waals surface area contributed by atoms with Crippen LogP contribution >= 0.6 is 0 Å². The molecule has 0 unspecified atom stereocenters. The number of hydrogen-bond acceptors (Lipinski definition) is 4. The van der Waals surface area contributed by atoms with Gasteiger partial charge in [0, 0.05) is 32.9 Å². The van der Waals surface area contributed by atoms with Crippen LogP contribution in [0.3, 0.4) is 0 Å². The SMILES string of the molecule is CC1(C)c2ccccc2-c2cccc(-c3nc(-c4ccccc4)nc(-c4ccc5c(c4)oc4cccc(-c6ccc(-c7ccccc7)cc6)c45)n3)c21. The molecule has 0 saturated heterocycles. The van der Waals surface area contributed by atoms with E-state index in [-0.39, 0.29) is 5.41 Å². The molecule has 0 bridgehead atoms. The Hall–Kier alpha value is -6.65. The summed E-state index contributed by atoms with van der Waals surface area (Å²) < 4.78 is 6.55. The molecule has 52 heavy (non-hydrogen) atoms. The van der Waals surface area contributed by atoms with Crippen molar-refractivity contribution in [2.24, 2.45) is 0 Å². The number of benzene rings is 7. The highest BCUT2D eigenvalue weighted by Gasteiger charge is 2.38. The van der Waals surface area contributed by atoms with Gasteiger partial charge in [-0.3, -0.25) is 0 Å². The van der Waals surface area contributed by atoms with Crippen LogP contribution in [0.25, 0.3) is 89.5 Å². The van der Waals surface area contributed by atoms with Crippen molar-refractivity contribution in [2.75, 3.05) is 0 Å². The molecule has 2 aromatic heterocycles. The van der Waals surface area contributed by atoms with Gasteiger partial charge in [0.05, 0.1) is 0 Å². The average molecular weight is 668 g/mol. The maximum atomic E-state index is 6.55. The lowest BCUT2D eigenvalue weighted by Gasteiger charge is -2.24. The Balaban J connectivity index is 1.11. The molecule has 246 valence electrons. The first-order chi connectivity index (χ1) is 25.5. The molecule has 0 fully saturated rings. The van der Waals surface area contributed by atoms with E-state index in [0.29, 0.717) is 17.5 Å². The van der Waals surface area contributed by atoms with Crippen molar-refractivity contribution in [2.45, 2.75) is 19.3 Å². The number of furan rings is 1. The molecule has 0 saturated carbocycles. The van der Waals surface area contributed by atoms with Crippen molar-refractivity contribution in [3.05, 3.63) is 175 Å². The van der Waals surface area contributed by atoms with Crippen molar-refractivity contribution in [1.29, 1.82) is 0 Å². The average Bonchev–Trinajstić information content (AvgIpc) is 3.70. The summed E-state index contributed by atoms with van der Waals surface area (Å²) in [7, 11) is 0. The quantitative estimate of drug-likeness (QED) is 0.183. The zero-order valence-electron chi connectivity index (χ0n) is 28.8. The molecule has 1 aliphatic carbocycles. The van der Waals surface area contributed by atoms with E-state index in [4.69, 9.17) is 19.4 Å². The summed E-state index contributed by atoms with van der Waals surface area (Å²) in [6.45, 7) is 4.59. The van der Waals surface area contributed by atoms with Crippen molar-refractivity contribution >= 4 is 21.9 Å². The maximum absolute atomic E-state index is 6.55. The van der Waals surface area contributed by atoms with Gasteiger partial charge in [0.15, 0.2) is 17.5 Å². The molecule has 9 aromatic rings. The normalized spacial score (nSPS) is 13.0. The van der Waals surface area contributed by atoms with E-state index < -0.39 is 0 Å². The Kier molecular flexibility index (Phi) is 6.80. The summed E-state index contributed by atoms with van der Waals surface area (Å²) in [5.41, 5.74) is 14.0. The molecule has 4 heteroatoms. The topological polar surface area (TPSA) is 51.8 Å². The van der Waals surface area contributed by atoms with E-state index in [1.807, 2.05) is 30.3 Å². The Labute approximate surface area is 302 Å². The van der Waals surface area contributed by atoms with Crippen LogP contribution in [0.4, 0.5) is 0 Å². The fraction of sp³-hybridized carbons (Fsp3) is 0.0625. The van der Waals surface area contributed by atoms with Crippen LogP contribution in [0.2, 0.25) is 0 Å². The summed E-state index contributed by atoms with van der Waals surface area (Å²) >= 11 is 0. The van der Waals surface area contributed by atoms with Gasteiger partial charge in [-0.2, -0.15) is 0 Å². The van der Waals surface area contributed by atoms with E-state index in [1.165, 1.54) is 33.4 Å². The van der Waals surface area contributed by atoms with Gasteiger partial charge >= 0.3 is 0 Å². The van der Waals surface area contributed by atoms with Crippen LogP contribution in [-0.2, 0) is 5.41 Å². The summed E-state index contributed by atoms with van der Waals surface area (Å²) in [5.74, 6) is 1.90. The Morgan fingerprint density at radius 3 is 1.75 bits per heavy atom. The zero-order chi connectivity index (χ0) is 34.8. The third kappa shape index (κ3) is 4.79. The Morgan fingerprint density at radius 2 is 0.962 bits per heavy atom. The number of aromatic nitrogens is 3. The second-order valence-electron chi connectivity index (χ2n) is 14.0. The van der Waals surface area contributed by atoms with Gasteiger partial charge in [0.2, 0.25) is 0 Å². The first kappa shape index (κ1) is 30.2. The third-order valence-electron chi connectivity index (χ3n) is 10.5. The molecule has 0 spiro atoms. The van der Waals surface area contributed by atoms with Crippen LogP contribution in [-0.4, -0.2) is 15.0 Å². The molecule has 4 nitrogen and oxygen atoms in total. The summed E-state index contributed by atoms with van der Waals surface area (Å²) in [6, 6.07) is 57.2. The first-order valence-corrected chi connectivity index (χ1v) is 17.7. The van der Waals surface area contributed by atoms with Crippen LogP contribution in [0.15, 0.2) is 168 Å². The standard InChI is InChI=1S/C48H33N3O/c1-48(2)40-21-10-9-17-36(40)37-19-11-20-39(44(37)48)47-50-45(33-15-7-4-8-16-33)49-46(51-47)34-27-28-38-42(29-34)52-41-22-12-18-35(43(38)41)32-25-23-31(24-26-32)30-13-5-3-6-14-30/h3-29H,1-2H3. The lowest BCUT2D eigenvalue weighted by molar-refractivity contribution is 0.661. The van der Waals surface area contributed by atoms with E-state index in [1.54, 1.807) is 0 Å². The summed E-state index contributed by atoms with van der Waals surface area (Å²) in [4.78, 5) is 15.4. The summed E-state index contributed by atoms with van der Waals surface area (Å²) in [6.07, 6.45) is 0. The first-order valence-electron chi connectivity index (χ1n) is 17.7. The fourth-order valence-electron chi connectivity index (χ4n) is 8.05. The van der Waals surface area contributed by atoms with E-state index >= 15 is 0 Å². The highest BCUT2D eigenvalue weighted by Crippen LogP contribution is 2.51. The Morgan fingerprint density at radius 1 is 0.404 bits per heavy atom. The number of fused-ring (bicyclic) bond motifs is 6. The molecule has 0 atom stereocenters.